The summed E-state index contributed by atoms with van der Waals surface area (Å²) in [6.45, 7) is 10.0. The van der Waals surface area contributed by atoms with Gasteiger partial charge in [-0.2, -0.15) is 0 Å². The highest BCUT2D eigenvalue weighted by atomic mass is 16.5. The molecule has 138 valence electrons. The van der Waals surface area contributed by atoms with Crippen molar-refractivity contribution in [2.45, 2.75) is 66.1 Å². The third-order valence-electron chi connectivity index (χ3n) is 6.74. The molecule has 5 heteroatoms. The van der Waals surface area contributed by atoms with Gasteiger partial charge >= 0.3 is 11.9 Å². The highest BCUT2D eigenvalue weighted by molar-refractivity contribution is 5.94. The molecule has 0 bridgehead atoms. The van der Waals surface area contributed by atoms with Gasteiger partial charge < -0.3 is 14.6 Å². The summed E-state index contributed by atoms with van der Waals surface area (Å²) >= 11 is 0. The van der Waals surface area contributed by atoms with Crippen LogP contribution in [-0.4, -0.2) is 35.9 Å². The molecule has 25 heavy (non-hydrogen) atoms. The first-order valence-electron chi connectivity index (χ1n) is 9.05. The van der Waals surface area contributed by atoms with Gasteiger partial charge in [-0.3, -0.25) is 0 Å². The summed E-state index contributed by atoms with van der Waals surface area (Å²) in [4.78, 5) is 24.6. The van der Waals surface area contributed by atoms with Gasteiger partial charge in [-0.05, 0) is 39.0 Å². The fourth-order valence-electron chi connectivity index (χ4n) is 5.08. The van der Waals surface area contributed by atoms with Crippen LogP contribution in [0.25, 0.3) is 0 Å². The number of rotatable bonds is 2. The number of ether oxygens (including phenoxy) is 2. The summed E-state index contributed by atoms with van der Waals surface area (Å²) in [5, 5.41) is 10.6. The number of allylic oxidation sites excluding steroid dienone is 1. The molecule has 0 spiro atoms. The topological polar surface area (TPSA) is 72.8 Å². The van der Waals surface area contributed by atoms with Gasteiger partial charge in [-0.25, -0.2) is 9.59 Å². The van der Waals surface area contributed by atoms with Crippen LogP contribution in [0, 0.1) is 16.7 Å². The minimum absolute atomic E-state index is 0.0388. The lowest BCUT2D eigenvalue weighted by Gasteiger charge is -2.56. The van der Waals surface area contributed by atoms with Gasteiger partial charge in [0.15, 0.2) is 0 Å². The predicted molar refractivity (Wildman–Crippen MR) is 92.5 cm³/mol. The molecule has 5 nitrogen and oxygen atoms in total. The van der Waals surface area contributed by atoms with Crippen molar-refractivity contribution in [3.63, 3.8) is 0 Å². The van der Waals surface area contributed by atoms with Gasteiger partial charge in [0.1, 0.15) is 12.7 Å². The molecule has 3 aliphatic rings. The number of aliphatic hydroxyl groups excluding tert-OH is 1. The van der Waals surface area contributed by atoms with Crippen LogP contribution in [0.4, 0.5) is 0 Å². The second kappa shape index (κ2) is 5.97. The lowest BCUT2D eigenvalue weighted by molar-refractivity contribution is -0.167. The van der Waals surface area contributed by atoms with E-state index in [0.717, 1.165) is 12.0 Å². The van der Waals surface area contributed by atoms with Crippen LogP contribution in [0.5, 0.6) is 0 Å². The maximum atomic E-state index is 12.3. The highest BCUT2D eigenvalue weighted by Crippen LogP contribution is 2.61. The molecular weight excluding hydrogens is 320 g/mol. The van der Waals surface area contributed by atoms with E-state index < -0.39 is 6.10 Å². The van der Waals surface area contributed by atoms with Crippen LogP contribution in [0.2, 0.25) is 0 Å². The Morgan fingerprint density at radius 1 is 1.36 bits per heavy atom. The van der Waals surface area contributed by atoms with Gasteiger partial charge in [0.05, 0.1) is 6.10 Å². The van der Waals surface area contributed by atoms with Crippen molar-refractivity contribution < 1.29 is 24.2 Å². The number of esters is 2. The van der Waals surface area contributed by atoms with Crippen LogP contribution in [0.3, 0.4) is 0 Å². The van der Waals surface area contributed by atoms with Crippen molar-refractivity contribution in [2.24, 2.45) is 16.7 Å². The zero-order valence-electron chi connectivity index (χ0n) is 15.7. The monoisotopic (exact) mass is 348 g/mol. The van der Waals surface area contributed by atoms with Crippen molar-refractivity contribution in [3.05, 3.63) is 22.8 Å². The van der Waals surface area contributed by atoms with Gasteiger partial charge in [-0.1, -0.05) is 26.8 Å². The molecule has 0 aromatic carbocycles. The van der Waals surface area contributed by atoms with Crippen molar-refractivity contribution in [1.29, 1.82) is 0 Å². The minimum atomic E-state index is -0.662. The lowest BCUT2D eigenvalue weighted by Crippen LogP contribution is -2.55. The van der Waals surface area contributed by atoms with E-state index in [2.05, 4.69) is 20.8 Å². The van der Waals surface area contributed by atoms with Gasteiger partial charge in [0.25, 0.3) is 0 Å². The van der Waals surface area contributed by atoms with E-state index in [0.29, 0.717) is 24.0 Å². The van der Waals surface area contributed by atoms with E-state index in [9.17, 15) is 14.7 Å². The van der Waals surface area contributed by atoms with Crippen molar-refractivity contribution in [1.82, 2.24) is 0 Å². The van der Waals surface area contributed by atoms with Gasteiger partial charge in [0, 0.05) is 27.5 Å². The number of cyclic esters (lactones) is 1. The average molecular weight is 348 g/mol. The molecule has 0 amide bonds. The fourth-order valence-corrected chi connectivity index (χ4v) is 5.08. The summed E-state index contributed by atoms with van der Waals surface area (Å²) in [6, 6.07) is 0. The van der Waals surface area contributed by atoms with Crippen molar-refractivity contribution in [3.8, 4) is 0 Å². The Labute approximate surface area is 149 Å². The molecule has 1 fully saturated rings. The van der Waals surface area contributed by atoms with E-state index in [-0.39, 0.29) is 41.4 Å². The van der Waals surface area contributed by atoms with E-state index in [1.165, 1.54) is 0 Å². The van der Waals surface area contributed by atoms with Crippen LogP contribution >= 0.6 is 0 Å². The zero-order valence-corrected chi connectivity index (χ0v) is 15.7. The Kier molecular flexibility index (Phi) is 4.34. The molecule has 1 N–H and O–H groups in total. The summed E-state index contributed by atoms with van der Waals surface area (Å²) in [5.41, 5.74) is 1.32. The standard InChI is InChI=1S/C20H28O5/c1-6-11(2)17(22)25-15-7-8-20(5)14(19(15,3)4)9-13(21)12-10-24-18(23)16(12)20/h6,13-15,21H,7-10H2,1-5H3. The predicted octanol–water partition coefficient (Wildman–Crippen LogP) is 2.92. The summed E-state index contributed by atoms with van der Waals surface area (Å²) in [5.74, 6) is -0.546. The molecule has 4 atom stereocenters. The van der Waals surface area contributed by atoms with Crippen LogP contribution in [0.1, 0.15) is 53.9 Å². The maximum absolute atomic E-state index is 12.3. The highest BCUT2D eigenvalue weighted by Gasteiger charge is 2.60. The number of carbonyl (C=O) groups is 2. The van der Waals surface area contributed by atoms with E-state index in [1.54, 1.807) is 13.0 Å². The molecule has 0 saturated heterocycles. The number of carbonyl (C=O) groups excluding carboxylic acids is 2. The number of hydrogen-bond donors (Lipinski definition) is 1. The van der Waals surface area contributed by atoms with Gasteiger partial charge in [-0.15, -0.1) is 0 Å². The zero-order chi connectivity index (χ0) is 18.6. The summed E-state index contributed by atoms with van der Waals surface area (Å²) in [7, 11) is 0. The molecule has 1 saturated carbocycles. The summed E-state index contributed by atoms with van der Waals surface area (Å²) in [6.07, 6.45) is 2.86. The van der Waals surface area contributed by atoms with Crippen molar-refractivity contribution in [2.75, 3.05) is 6.61 Å². The quantitative estimate of drug-likeness (QED) is 0.613. The molecule has 1 aliphatic heterocycles. The fraction of sp³-hybridized carbons (Fsp3) is 0.700. The molecule has 2 aliphatic carbocycles. The number of fused-ring (bicyclic) bond motifs is 2. The van der Waals surface area contributed by atoms with E-state index in [1.807, 2.05) is 6.92 Å². The summed E-state index contributed by atoms with van der Waals surface area (Å²) < 4.78 is 11.0. The largest absolute Gasteiger partial charge is 0.458 e. The van der Waals surface area contributed by atoms with Crippen LogP contribution in [-0.2, 0) is 19.1 Å². The number of hydrogen-bond acceptors (Lipinski definition) is 5. The van der Waals surface area contributed by atoms with E-state index >= 15 is 0 Å². The maximum Gasteiger partial charge on any atom is 0.335 e. The first kappa shape index (κ1) is 18.2. The normalized spacial score (nSPS) is 37.3. The number of aliphatic hydroxyl groups is 1. The SMILES string of the molecule is CC=C(C)C(=O)OC1CCC2(C)C3=C(COC3=O)C(O)CC2C1(C)C. The van der Waals surface area contributed by atoms with Crippen LogP contribution < -0.4 is 0 Å². The smallest absolute Gasteiger partial charge is 0.335 e. The van der Waals surface area contributed by atoms with E-state index in [4.69, 9.17) is 9.47 Å². The Balaban J connectivity index is 1.93. The van der Waals surface area contributed by atoms with Crippen molar-refractivity contribution >= 4 is 11.9 Å². The van der Waals surface area contributed by atoms with Gasteiger partial charge in [0.2, 0.25) is 0 Å². The molecular formula is C20H28O5. The molecule has 0 radical (unpaired) electrons. The minimum Gasteiger partial charge on any atom is -0.458 e. The Hall–Kier alpha value is -1.62. The third kappa shape index (κ3) is 2.64. The first-order valence-corrected chi connectivity index (χ1v) is 9.05. The lowest BCUT2D eigenvalue weighted by atomic mass is 9.49. The van der Waals surface area contributed by atoms with Crippen LogP contribution in [0.15, 0.2) is 22.8 Å². The second-order valence-corrected chi connectivity index (χ2v) is 8.42. The third-order valence-corrected chi connectivity index (χ3v) is 6.74. The Bertz CT molecular complexity index is 672. The average Bonchev–Trinajstić information content (AvgIpc) is 2.95. The Morgan fingerprint density at radius 2 is 2.04 bits per heavy atom. The molecule has 1 heterocycles. The first-order chi connectivity index (χ1) is 11.6. The molecule has 0 aromatic heterocycles. The molecule has 3 rings (SSSR count). The second-order valence-electron chi connectivity index (χ2n) is 8.42. The molecule has 4 unspecified atom stereocenters. The Morgan fingerprint density at radius 3 is 2.68 bits per heavy atom. The molecule has 0 aromatic rings.